The Morgan fingerprint density at radius 1 is 1.11 bits per heavy atom. The highest BCUT2D eigenvalue weighted by Crippen LogP contribution is 2.30. The number of carbonyl (C=O) groups is 1. The van der Waals surface area contributed by atoms with Gasteiger partial charge in [-0.05, 0) is 43.0 Å². The number of hydrogen-bond donors (Lipinski definition) is 2. The van der Waals surface area contributed by atoms with Crippen LogP contribution < -0.4 is 25.2 Å². The van der Waals surface area contributed by atoms with Gasteiger partial charge in [0.1, 0.15) is 0 Å². The van der Waals surface area contributed by atoms with Crippen LogP contribution in [0.15, 0.2) is 48.5 Å². The smallest absolute Gasteiger partial charge is 0.338 e. The zero-order valence-corrected chi connectivity index (χ0v) is 16.5. The summed E-state index contributed by atoms with van der Waals surface area (Å²) in [6.07, 6.45) is 2.08. The molecule has 2 aromatic rings. The van der Waals surface area contributed by atoms with Crippen LogP contribution in [0.5, 0.6) is 11.5 Å². The molecule has 146 valence electrons. The molecule has 0 aliphatic carbocycles. The Balaban J connectivity index is 1.94. The summed E-state index contributed by atoms with van der Waals surface area (Å²) in [5.41, 5.74) is 4.29. The van der Waals surface area contributed by atoms with Crippen LogP contribution >= 0.6 is 0 Å². The number of para-hydroxylation sites is 1. The van der Waals surface area contributed by atoms with E-state index in [4.69, 9.17) is 9.47 Å². The second-order valence-corrected chi connectivity index (χ2v) is 6.71. The number of carbonyl (C=O) groups excluding carboxylic acids is 1. The lowest BCUT2D eigenvalue weighted by atomic mass is 10.1. The topological polar surface area (TPSA) is 62.8 Å². The Morgan fingerprint density at radius 2 is 1.85 bits per heavy atom. The standard InChI is InChI=1S/C21H29N3O3/c1-16(2)9-8-14-27-20-15-17(12-13-19(20)26-4)22-21(25)23-24(3)18-10-6-5-7-11-18/h5-7,10-13,15-16H,8-9,14H2,1-4H3,(H2,22,23,25). The average Bonchev–Trinajstić information content (AvgIpc) is 2.66. The van der Waals surface area contributed by atoms with Gasteiger partial charge in [0.25, 0.3) is 0 Å². The van der Waals surface area contributed by atoms with Crippen LogP contribution in [-0.2, 0) is 0 Å². The molecule has 0 saturated heterocycles. The number of amides is 2. The summed E-state index contributed by atoms with van der Waals surface area (Å²) in [5, 5.41) is 4.47. The van der Waals surface area contributed by atoms with Gasteiger partial charge in [-0.1, -0.05) is 32.0 Å². The minimum atomic E-state index is -0.336. The van der Waals surface area contributed by atoms with Gasteiger partial charge in [0.15, 0.2) is 11.5 Å². The highest BCUT2D eigenvalue weighted by molar-refractivity contribution is 5.90. The maximum absolute atomic E-state index is 12.3. The highest BCUT2D eigenvalue weighted by atomic mass is 16.5. The summed E-state index contributed by atoms with van der Waals surface area (Å²) < 4.78 is 11.2. The number of nitrogens with one attached hydrogen (secondary N) is 2. The number of hydrazine groups is 1. The van der Waals surface area contributed by atoms with E-state index in [1.165, 1.54) is 0 Å². The molecule has 0 atom stereocenters. The Hall–Kier alpha value is -2.89. The maximum Gasteiger partial charge on any atom is 0.338 e. The third kappa shape index (κ3) is 6.73. The number of hydrogen-bond acceptors (Lipinski definition) is 4. The molecule has 0 heterocycles. The van der Waals surface area contributed by atoms with Crippen LogP contribution in [0.4, 0.5) is 16.2 Å². The van der Waals surface area contributed by atoms with Crippen molar-refractivity contribution >= 4 is 17.4 Å². The van der Waals surface area contributed by atoms with Crippen LogP contribution in [0.1, 0.15) is 26.7 Å². The summed E-state index contributed by atoms with van der Waals surface area (Å²) in [4.78, 5) is 12.3. The molecule has 2 aromatic carbocycles. The quantitative estimate of drug-likeness (QED) is 0.496. The minimum absolute atomic E-state index is 0.336. The van der Waals surface area contributed by atoms with Crippen molar-refractivity contribution in [3.63, 3.8) is 0 Å². The molecular formula is C21H29N3O3. The number of anilines is 2. The van der Waals surface area contributed by atoms with Crippen molar-refractivity contribution in [3.05, 3.63) is 48.5 Å². The molecule has 2 N–H and O–H groups in total. The first-order valence-corrected chi connectivity index (χ1v) is 9.17. The van der Waals surface area contributed by atoms with E-state index in [0.717, 1.165) is 18.5 Å². The van der Waals surface area contributed by atoms with Crippen LogP contribution in [0.2, 0.25) is 0 Å². The number of nitrogens with zero attached hydrogens (tertiary/aromatic N) is 1. The Morgan fingerprint density at radius 3 is 2.52 bits per heavy atom. The third-order valence-corrected chi connectivity index (χ3v) is 4.02. The van der Waals surface area contributed by atoms with Crippen molar-refractivity contribution in [3.8, 4) is 11.5 Å². The Kier molecular flexibility index (Phi) is 7.79. The molecule has 0 spiro atoms. The molecule has 0 aromatic heterocycles. The van der Waals surface area contributed by atoms with E-state index >= 15 is 0 Å². The Labute approximate surface area is 161 Å². The lowest BCUT2D eigenvalue weighted by Gasteiger charge is -2.20. The summed E-state index contributed by atoms with van der Waals surface area (Å²) in [6, 6.07) is 14.6. The number of urea groups is 1. The zero-order valence-electron chi connectivity index (χ0n) is 16.5. The molecule has 2 amide bonds. The first-order chi connectivity index (χ1) is 13.0. The monoisotopic (exact) mass is 371 g/mol. The predicted molar refractivity (Wildman–Crippen MR) is 110 cm³/mol. The summed E-state index contributed by atoms with van der Waals surface area (Å²) in [5.74, 6) is 1.91. The number of ether oxygens (including phenoxy) is 2. The zero-order chi connectivity index (χ0) is 19.6. The van der Waals surface area contributed by atoms with Gasteiger partial charge in [-0.25, -0.2) is 10.2 Å². The minimum Gasteiger partial charge on any atom is -0.493 e. The van der Waals surface area contributed by atoms with Crippen molar-refractivity contribution in [1.29, 1.82) is 0 Å². The highest BCUT2D eigenvalue weighted by Gasteiger charge is 2.10. The van der Waals surface area contributed by atoms with Crippen LogP contribution in [-0.4, -0.2) is 26.8 Å². The molecule has 2 rings (SSSR count). The SMILES string of the molecule is COc1ccc(NC(=O)NN(C)c2ccccc2)cc1OCCCC(C)C. The van der Waals surface area contributed by atoms with Crippen LogP contribution in [0, 0.1) is 5.92 Å². The molecule has 0 radical (unpaired) electrons. The number of benzene rings is 2. The predicted octanol–water partition coefficient (Wildman–Crippen LogP) is 4.68. The molecule has 27 heavy (non-hydrogen) atoms. The average molecular weight is 371 g/mol. The maximum atomic E-state index is 12.3. The van der Waals surface area contributed by atoms with E-state index in [2.05, 4.69) is 24.6 Å². The van der Waals surface area contributed by atoms with E-state index in [1.54, 1.807) is 37.4 Å². The van der Waals surface area contributed by atoms with E-state index < -0.39 is 0 Å². The second kappa shape index (κ2) is 10.3. The lowest BCUT2D eigenvalue weighted by Crippen LogP contribution is -2.42. The molecule has 0 bridgehead atoms. The van der Waals surface area contributed by atoms with E-state index in [-0.39, 0.29) is 6.03 Å². The molecule has 0 aliphatic heterocycles. The van der Waals surface area contributed by atoms with E-state index in [9.17, 15) is 4.79 Å². The summed E-state index contributed by atoms with van der Waals surface area (Å²) in [6.45, 7) is 4.99. The third-order valence-electron chi connectivity index (χ3n) is 4.02. The fourth-order valence-electron chi connectivity index (χ4n) is 2.57. The van der Waals surface area contributed by atoms with Gasteiger partial charge in [-0.15, -0.1) is 0 Å². The first kappa shape index (κ1) is 20.4. The van der Waals surface area contributed by atoms with Crippen molar-refractivity contribution < 1.29 is 14.3 Å². The molecule has 6 nitrogen and oxygen atoms in total. The normalized spacial score (nSPS) is 10.4. The fourth-order valence-corrected chi connectivity index (χ4v) is 2.57. The van der Waals surface area contributed by atoms with Crippen molar-refractivity contribution in [2.45, 2.75) is 26.7 Å². The van der Waals surface area contributed by atoms with Crippen LogP contribution in [0.3, 0.4) is 0 Å². The largest absolute Gasteiger partial charge is 0.493 e. The van der Waals surface area contributed by atoms with Crippen molar-refractivity contribution in [2.75, 3.05) is 31.1 Å². The van der Waals surface area contributed by atoms with E-state index in [1.807, 2.05) is 30.3 Å². The van der Waals surface area contributed by atoms with Gasteiger partial charge < -0.3 is 14.8 Å². The van der Waals surface area contributed by atoms with Gasteiger partial charge in [-0.3, -0.25) is 5.01 Å². The van der Waals surface area contributed by atoms with Gasteiger partial charge >= 0.3 is 6.03 Å². The molecule has 6 heteroatoms. The molecule has 0 aliphatic rings. The summed E-state index contributed by atoms with van der Waals surface area (Å²) in [7, 11) is 3.39. The molecular weight excluding hydrogens is 342 g/mol. The summed E-state index contributed by atoms with van der Waals surface area (Å²) >= 11 is 0. The van der Waals surface area contributed by atoms with Crippen molar-refractivity contribution in [2.24, 2.45) is 5.92 Å². The molecule has 0 saturated carbocycles. The fraction of sp³-hybridized carbons (Fsp3) is 0.381. The number of methoxy groups -OCH3 is 1. The van der Waals surface area contributed by atoms with Gasteiger partial charge in [0.05, 0.1) is 19.4 Å². The first-order valence-electron chi connectivity index (χ1n) is 9.17. The van der Waals surface area contributed by atoms with Gasteiger partial charge in [-0.2, -0.15) is 0 Å². The van der Waals surface area contributed by atoms with Gasteiger partial charge in [0, 0.05) is 18.8 Å². The van der Waals surface area contributed by atoms with Crippen LogP contribution in [0.25, 0.3) is 0 Å². The number of rotatable bonds is 9. The lowest BCUT2D eigenvalue weighted by molar-refractivity contribution is 0.251. The Bertz CT molecular complexity index is 720. The molecule has 0 unspecified atom stereocenters. The molecule has 0 fully saturated rings. The van der Waals surface area contributed by atoms with Crippen molar-refractivity contribution in [1.82, 2.24) is 5.43 Å². The van der Waals surface area contributed by atoms with E-state index in [0.29, 0.717) is 29.7 Å². The van der Waals surface area contributed by atoms with Gasteiger partial charge in [0.2, 0.25) is 0 Å². The second-order valence-electron chi connectivity index (χ2n) is 6.71.